The van der Waals surface area contributed by atoms with Gasteiger partial charge in [0.1, 0.15) is 5.69 Å². The maximum Gasteiger partial charge on any atom is 0.329 e. The number of aromatic amines is 1. The molecule has 5 heteroatoms. The quantitative estimate of drug-likeness (QED) is 0.877. The van der Waals surface area contributed by atoms with Crippen LogP contribution in [0.1, 0.15) is 72.4 Å². The summed E-state index contributed by atoms with van der Waals surface area (Å²) >= 11 is 0. The number of nitrogens with zero attached hydrogens (tertiary/aromatic N) is 1. The standard InChI is InChI=1S/C19H24N2O3/c1-10(2)15-16(21(11(3)4)19(24)20-18(15)23)17(22)14-8-12(5)7-13(6)9-14/h7-11H,1-6H3,(H,20,23,24). The summed E-state index contributed by atoms with van der Waals surface area (Å²) in [6, 6.07) is 5.32. The van der Waals surface area contributed by atoms with Gasteiger partial charge in [0.15, 0.2) is 0 Å². The molecule has 0 fully saturated rings. The summed E-state index contributed by atoms with van der Waals surface area (Å²) in [5.41, 5.74) is 1.94. The van der Waals surface area contributed by atoms with Crippen LogP contribution in [0.15, 0.2) is 27.8 Å². The molecule has 0 aliphatic heterocycles. The van der Waals surface area contributed by atoms with Crippen molar-refractivity contribution in [1.82, 2.24) is 9.55 Å². The molecule has 0 aliphatic carbocycles. The highest BCUT2D eigenvalue weighted by Crippen LogP contribution is 2.21. The molecule has 1 aromatic carbocycles. The monoisotopic (exact) mass is 328 g/mol. The van der Waals surface area contributed by atoms with Crippen LogP contribution < -0.4 is 11.2 Å². The zero-order valence-corrected chi connectivity index (χ0v) is 15.1. The Bertz CT molecular complexity index is 841. The summed E-state index contributed by atoms with van der Waals surface area (Å²) in [7, 11) is 0. The van der Waals surface area contributed by atoms with E-state index in [9.17, 15) is 14.4 Å². The van der Waals surface area contributed by atoms with Gasteiger partial charge in [-0.1, -0.05) is 31.0 Å². The van der Waals surface area contributed by atoms with E-state index in [0.717, 1.165) is 11.1 Å². The van der Waals surface area contributed by atoms with Gasteiger partial charge in [0.25, 0.3) is 5.56 Å². The highest BCUT2D eigenvalue weighted by Gasteiger charge is 2.25. The van der Waals surface area contributed by atoms with Crippen molar-refractivity contribution in [3.63, 3.8) is 0 Å². The van der Waals surface area contributed by atoms with Gasteiger partial charge < -0.3 is 0 Å². The highest BCUT2D eigenvalue weighted by atomic mass is 16.2. The molecule has 0 bridgehead atoms. The van der Waals surface area contributed by atoms with Crippen LogP contribution in [0.4, 0.5) is 0 Å². The van der Waals surface area contributed by atoms with Crippen molar-refractivity contribution < 1.29 is 4.79 Å². The molecule has 1 heterocycles. The number of carbonyl (C=O) groups is 1. The van der Waals surface area contributed by atoms with Gasteiger partial charge in [-0.05, 0) is 45.7 Å². The highest BCUT2D eigenvalue weighted by molar-refractivity contribution is 6.09. The van der Waals surface area contributed by atoms with Crippen molar-refractivity contribution in [1.29, 1.82) is 0 Å². The van der Waals surface area contributed by atoms with Gasteiger partial charge in [0.2, 0.25) is 5.78 Å². The Balaban J connectivity index is 2.87. The van der Waals surface area contributed by atoms with E-state index in [1.165, 1.54) is 4.57 Å². The van der Waals surface area contributed by atoms with E-state index in [-0.39, 0.29) is 23.4 Å². The predicted octanol–water partition coefficient (Wildman–Crippen LogP) is 3.09. The minimum Gasteiger partial charge on any atom is -0.287 e. The number of hydrogen-bond donors (Lipinski definition) is 1. The Hall–Kier alpha value is -2.43. The summed E-state index contributed by atoms with van der Waals surface area (Å²) in [4.78, 5) is 40.2. The number of nitrogens with one attached hydrogen (secondary N) is 1. The zero-order chi connectivity index (χ0) is 18.2. The molecule has 1 aromatic heterocycles. The lowest BCUT2D eigenvalue weighted by atomic mass is 9.95. The van der Waals surface area contributed by atoms with E-state index >= 15 is 0 Å². The molecule has 0 saturated heterocycles. The Labute approximate surface area is 141 Å². The fourth-order valence-corrected chi connectivity index (χ4v) is 3.07. The minimum atomic E-state index is -0.549. The van der Waals surface area contributed by atoms with Gasteiger partial charge >= 0.3 is 5.69 Å². The lowest BCUT2D eigenvalue weighted by Crippen LogP contribution is -2.38. The number of aromatic nitrogens is 2. The van der Waals surface area contributed by atoms with Crippen LogP contribution in [0.3, 0.4) is 0 Å². The molecule has 0 aliphatic rings. The molecule has 0 saturated carbocycles. The van der Waals surface area contributed by atoms with Crippen molar-refractivity contribution in [2.24, 2.45) is 0 Å². The largest absolute Gasteiger partial charge is 0.329 e. The Morgan fingerprint density at radius 1 is 1.00 bits per heavy atom. The van der Waals surface area contributed by atoms with E-state index < -0.39 is 11.2 Å². The Morgan fingerprint density at radius 3 is 2.00 bits per heavy atom. The van der Waals surface area contributed by atoms with Crippen molar-refractivity contribution >= 4 is 5.78 Å². The lowest BCUT2D eigenvalue weighted by molar-refractivity contribution is 0.102. The van der Waals surface area contributed by atoms with Crippen LogP contribution >= 0.6 is 0 Å². The molecular weight excluding hydrogens is 304 g/mol. The second kappa shape index (κ2) is 6.59. The Morgan fingerprint density at radius 2 is 1.54 bits per heavy atom. The smallest absolute Gasteiger partial charge is 0.287 e. The molecule has 0 atom stereocenters. The predicted molar refractivity (Wildman–Crippen MR) is 95.1 cm³/mol. The molecular formula is C19H24N2O3. The fourth-order valence-electron chi connectivity index (χ4n) is 3.07. The molecule has 24 heavy (non-hydrogen) atoms. The molecule has 0 spiro atoms. The van der Waals surface area contributed by atoms with Crippen LogP contribution in [0.25, 0.3) is 0 Å². The van der Waals surface area contributed by atoms with E-state index in [1.807, 2.05) is 47.6 Å². The number of ketones is 1. The maximum absolute atomic E-state index is 13.2. The van der Waals surface area contributed by atoms with E-state index in [2.05, 4.69) is 4.98 Å². The second-order valence-electron chi connectivity index (χ2n) is 6.85. The first-order valence-electron chi connectivity index (χ1n) is 8.15. The topological polar surface area (TPSA) is 71.9 Å². The van der Waals surface area contributed by atoms with Crippen molar-refractivity contribution in [2.75, 3.05) is 0 Å². The average molecular weight is 328 g/mol. The van der Waals surface area contributed by atoms with Crippen LogP contribution in [0.5, 0.6) is 0 Å². The SMILES string of the molecule is Cc1cc(C)cc(C(=O)c2c(C(C)C)c(=O)[nH]c(=O)n2C(C)C)c1. The van der Waals surface area contributed by atoms with Crippen LogP contribution in [0, 0.1) is 13.8 Å². The van der Waals surface area contributed by atoms with Crippen molar-refractivity contribution in [3.8, 4) is 0 Å². The van der Waals surface area contributed by atoms with Gasteiger partial charge in [-0.3, -0.25) is 19.1 Å². The molecule has 5 nitrogen and oxygen atoms in total. The molecule has 0 amide bonds. The normalized spacial score (nSPS) is 11.3. The number of rotatable bonds is 4. The van der Waals surface area contributed by atoms with Crippen LogP contribution in [-0.2, 0) is 0 Å². The second-order valence-corrected chi connectivity index (χ2v) is 6.85. The third-order valence-corrected chi connectivity index (χ3v) is 3.97. The van der Waals surface area contributed by atoms with Crippen LogP contribution in [0.2, 0.25) is 0 Å². The first kappa shape index (κ1) is 17.9. The number of H-pyrrole nitrogens is 1. The molecule has 128 valence electrons. The number of aryl methyl sites for hydroxylation is 2. The maximum atomic E-state index is 13.2. The van der Waals surface area contributed by atoms with Gasteiger partial charge in [-0.25, -0.2) is 4.79 Å². The average Bonchev–Trinajstić information content (AvgIpc) is 2.43. The third-order valence-electron chi connectivity index (χ3n) is 3.97. The summed E-state index contributed by atoms with van der Waals surface area (Å²) in [6.07, 6.45) is 0. The van der Waals surface area contributed by atoms with Crippen molar-refractivity contribution in [3.05, 3.63) is 67.0 Å². The van der Waals surface area contributed by atoms with Gasteiger partial charge in [-0.2, -0.15) is 0 Å². The minimum absolute atomic E-state index is 0.177. The van der Waals surface area contributed by atoms with E-state index in [0.29, 0.717) is 11.1 Å². The number of hydrogen-bond acceptors (Lipinski definition) is 3. The van der Waals surface area contributed by atoms with E-state index in [1.54, 1.807) is 12.1 Å². The zero-order valence-electron chi connectivity index (χ0n) is 15.1. The van der Waals surface area contributed by atoms with E-state index in [4.69, 9.17) is 0 Å². The third kappa shape index (κ3) is 3.25. The molecule has 2 rings (SSSR count). The summed E-state index contributed by atoms with van der Waals surface area (Å²) in [6.45, 7) is 11.2. The fraction of sp³-hybridized carbons (Fsp3) is 0.421. The lowest BCUT2D eigenvalue weighted by Gasteiger charge is -2.20. The Kier molecular flexibility index (Phi) is 4.92. The van der Waals surface area contributed by atoms with Gasteiger partial charge in [-0.15, -0.1) is 0 Å². The summed E-state index contributed by atoms with van der Waals surface area (Å²) in [5.74, 6) is -0.466. The number of carbonyl (C=O) groups excluding carboxylic acids is 1. The van der Waals surface area contributed by atoms with Crippen molar-refractivity contribution in [2.45, 2.75) is 53.5 Å². The summed E-state index contributed by atoms with van der Waals surface area (Å²) < 4.78 is 1.39. The first-order valence-corrected chi connectivity index (χ1v) is 8.15. The van der Waals surface area contributed by atoms with Gasteiger partial charge in [0.05, 0.1) is 0 Å². The molecule has 0 radical (unpaired) electrons. The molecule has 0 unspecified atom stereocenters. The summed E-state index contributed by atoms with van der Waals surface area (Å²) in [5, 5.41) is 0. The number of benzene rings is 1. The first-order chi connectivity index (χ1) is 11.1. The molecule has 2 aromatic rings. The van der Waals surface area contributed by atoms with Gasteiger partial charge in [0, 0.05) is 17.2 Å². The molecule has 1 N–H and O–H groups in total. The van der Waals surface area contributed by atoms with Crippen LogP contribution in [-0.4, -0.2) is 15.3 Å².